The molecule has 2 aliphatic rings. The van der Waals surface area contributed by atoms with E-state index in [-0.39, 0.29) is 29.9 Å². The summed E-state index contributed by atoms with van der Waals surface area (Å²) in [7, 11) is 1.80. The van der Waals surface area contributed by atoms with Crippen molar-refractivity contribution in [2.24, 2.45) is 4.99 Å². The molecule has 0 bridgehead atoms. The maximum atomic E-state index is 11.9. The number of morpholine rings is 1. The highest BCUT2D eigenvalue weighted by atomic mass is 127. The summed E-state index contributed by atoms with van der Waals surface area (Å²) < 4.78 is 5.53. The highest BCUT2D eigenvalue weighted by Crippen LogP contribution is 2.25. The minimum atomic E-state index is 0. The molecule has 2 aromatic rings. The van der Waals surface area contributed by atoms with Crippen LogP contribution in [-0.4, -0.2) is 63.2 Å². The third-order valence-electron chi connectivity index (χ3n) is 5.83. The molecule has 174 valence electrons. The number of aliphatic imine (C=N–C) groups is 1. The van der Waals surface area contributed by atoms with Gasteiger partial charge in [0, 0.05) is 56.8 Å². The van der Waals surface area contributed by atoms with Crippen molar-refractivity contribution < 1.29 is 9.53 Å². The molecule has 7 nitrogen and oxygen atoms in total. The van der Waals surface area contributed by atoms with Gasteiger partial charge in [-0.15, -0.1) is 35.3 Å². The number of hydrogen-bond donors (Lipinski definition) is 2. The molecule has 4 rings (SSSR count). The van der Waals surface area contributed by atoms with E-state index in [9.17, 15) is 4.79 Å². The molecule has 2 aliphatic heterocycles. The van der Waals surface area contributed by atoms with Crippen molar-refractivity contribution >= 4 is 52.9 Å². The van der Waals surface area contributed by atoms with Gasteiger partial charge >= 0.3 is 0 Å². The maximum Gasteiger partial charge on any atom is 0.227 e. The van der Waals surface area contributed by atoms with E-state index >= 15 is 0 Å². The first kappa shape index (κ1) is 24.9. The summed E-state index contributed by atoms with van der Waals surface area (Å²) in [5.41, 5.74) is 2.14. The molecule has 0 radical (unpaired) electrons. The predicted molar refractivity (Wildman–Crippen MR) is 141 cm³/mol. The number of hydrogen-bond acceptors (Lipinski definition) is 5. The first-order valence-corrected chi connectivity index (χ1v) is 11.8. The minimum absolute atomic E-state index is 0. The molecule has 1 amide bonds. The van der Waals surface area contributed by atoms with Crippen molar-refractivity contribution in [3.8, 4) is 0 Å². The quantitative estimate of drug-likeness (QED) is 0.305. The summed E-state index contributed by atoms with van der Waals surface area (Å²) in [5, 5.41) is 9.04. The van der Waals surface area contributed by atoms with Gasteiger partial charge in [0.1, 0.15) is 0 Å². The van der Waals surface area contributed by atoms with Crippen LogP contribution in [0.4, 0.5) is 5.69 Å². The van der Waals surface area contributed by atoms with Crippen molar-refractivity contribution in [2.45, 2.75) is 25.4 Å². The first-order chi connectivity index (χ1) is 15.2. The van der Waals surface area contributed by atoms with E-state index in [1.807, 2.05) is 17.0 Å². The van der Waals surface area contributed by atoms with Crippen LogP contribution in [0.25, 0.3) is 0 Å². The predicted octanol–water partition coefficient (Wildman–Crippen LogP) is 3.23. The number of amides is 1. The smallest absolute Gasteiger partial charge is 0.227 e. The Morgan fingerprint density at radius 2 is 1.94 bits per heavy atom. The van der Waals surface area contributed by atoms with Crippen molar-refractivity contribution in [3.05, 3.63) is 52.2 Å². The zero-order chi connectivity index (χ0) is 21.5. The third-order valence-corrected chi connectivity index (χ3v) is 6.80. The lowest BCUT2D eigenvalue weighted by Gasteiger charge is -2.34. The molecule has 0 spiro atoms. The summed E-state index contributed by atoms with van der Waals surface area (Å²) >= 11 is 1.80. The van der Waals surface area contributed by atoms with Crippen LogP contribution < -0.4 is 15.5 Å². The van der Waals surface area contributed by atoms with Crippen molar-refractivity contribution in [2.75, 3.05) is 51.3 Å². The first-order valence-electron chi connectivity index (χ1n) is 10.9. The number of carbonyl (C=O) groups excluding carboxylic acids is 1. The van der Waals surface area contributed by atoms with Gasteiger partial charge in [-0.25, -0.2) is 0 Å². The SMILES string of the molecule is CN=C(NCc1ccc(N2CCCC2=O)cc1)NCC(c1cccs1)N1CCOCC1.I. The van der Waals surface area contributed by atoms with Crippen LogP contribution in [0.2, 0.25) is 0 Å². The van der Waals surface area contributed by atoms with Gasteiger partial charge in [-0.2, -0.15) is 0 Å². The standard InChI is InChI=1S/C23H31N5O2S.HI/c1-24-23(25-16-18-6-8-19(9-7-18)28-10-2-5-22(28)29)26-17-20(21-4-3-15-31-21)27-11-13-30-14-12-27;/h3-4,6-9,15,20H,2,5,10-14,16-17H2,1H3,(H2,24,25,26);1H. The number of thiophene rings is 1. The summed E-state index contributed by atoms with van der Waals surface area (Å²) in [6.45, 7) is 5.75. The summed E-state index contributed by atoms with van der Waals surface area (Å²) in [6, 6.07) is 12.8. The average molecular weight is 570 g/mol. The fourth-order valence-electron chi connectivity index (χ4n) is 4.09. The Hall–Kier alpha value is -1.69. The van der Waals surface area contributed by atoms with Gasteiger partial charge in [0.25, 0.3) is 0 Å². The molecular weight excluding hydrogens is 537 g/mol. The van der Waals surface area contributed by atoms with E-state index in [2.05, 4.69) is 50.2 Å². The molecule has 1 aromatic heterocycles. The molecular formula is C23H32IN5O2S. The highest BCUT2D eigenvalue weighted by Gasteiger charge is 2.24. The number of nitrogens with zero attached hydrogens (tertiary/aromatic N) is 3. The van der Waals surface area contributed by atoms with E-state index in [4.69, 9.17) is 4.74 Å². The fourth-order valence-corrected chi connectivity index (χ4v) is 4.96. The van der Waals surface area contributed by atoms with E-state index in [0.29, 0.717) is 19.0 Å². The van der Waals surface area contributed by atoms with Gasteiger partial charge in [-0.3, -0.25) is 14.7 Å². The molecule has 1 unspecified atom stereocenters. The molecule has 2 N–H and O–H groups in total. The Morgan fingerprint density at radius 1 is 1.16 bits per heavy atom. The average Bonchev–Trinajstić information content (AvgIpc) is 3.49. The molecule has 2 fully saturated rings. The number of anilines is 1. The van der Waals surface area contributed by atoms with E-state index in [1.54, 1.807) is 18.4 Å². The van der Waals surface area contributed by atoms with Crippen LogP contribution in [0.5, 0.6) is 0 Å². The van der Waals surface area contributed by atoms with Crippen molar-refractivity contribution in [3.63, 3.8) is 0 Å². The molecule has 9 heteroatoms. The number of guanidine groups is 1. The molecule has 1 atom stereocenters. The van der Waals surface area contributed by atoms with E-state index < -0.39 is 0 Å². The molecule has 2 saturated heterocycles. The second kappa shape index (κ2) is 12.5. The number of halogens is 1. The van der Waals surface area contributed by atoms with Crippen LogP contribution >= 0.6 is 35.3 Å². The van der Waals surface area contributed by atoms with Gasteiger partial charge in [0.05, 0.1) is 19.3 Å². The second-order valence-electron chi connectivity index (χ2n) is 7.80. The van der Waals surface area contributed by atoms with E-state index in [1.165, 1.54) is 4.88 Å². The van der Waals surface area contributed by atoms with Gasteiger partial charge < -0.3 is 20.3 Å². The zero-order valence-corrected chi connectivity index (χ0v) is 21.6. The Kier molecular flexibility index (Phi) is 9.76. The van der Waals surface area contributed by atoms with Crippen LogP contribution in [-0.2, 0) is 16.1 Å². The lowest BCUT2D eigenvalue weighted by atomic mass is 10.2. The Labute approximate surface area is 211 Å². The molecule has 3 heterocycles. The molecule has 32 heavy (non-hydrogen) atoms. The maximum absolute atomic E-state index is 11.9. The second-order valence-corrected chi connectivity index (χ2v) is 8.78. The van der Waals surface area contributed by atoms with Crippen LogP contribution in [0.3, 0.4) is 0 Å². The number of ether oxygens (including phenoxy) is 1. The Balaban J connectivity index is 0.00000289. The largest absolute Gasteiger partial charge is 0.379 e. The monoisotopic (exact) mass is 569 g/mol. The number of carbonyl (C=O) groups is 1. The minimum Gasteiger partial charge on any atom is -0.379 e. The Morgan fingerprint density at radius 3 is 2.56 bits per heavy atom. The topological polar surface area (TPSA) is 69.2 Å². The van der Waals surface area contributed by atoms with E-state index in [0.717, 1.165) is 63.0 Å². The van der Waals surface area contributed by atoms with Crippen LogP contribution in [0, 0.1) is 0 Å². The van der Waals surface area contributed by atoms with Gasteiger partial charge in [0.15, 0.2) is 5.96 Å². The fraction of sp³-hybridized carbons (Fsp3) is 0.478. The number of nitrogens with one attached hydrogen (secondary N) is 2. The summed E-state index contributed by atoms with van der Waals surface area (Å²) in [5.74, 6) is 1.00. The zero-order valence-electron chi connectivity index (χ0n) is 18.5. The summed E-state index contributed by atoms with van der Waals surface area (Å²) in [4.78, 5) is 22.0. The normalized spacial score (nSPS) is 18.3. The van der Waals surface area contributed by atoms with Gasteiger partial charge in [0.2, 0.25) is 5.91 Å². The van der Waals surface area contributed by atoms with Crippen molar-refractivity contribution in [1.29, 1.82) is 0 Å². The summed E-state index contributed by atoms with van der Waals surface area (Å²) in [6.07, 6.45) is 1.60. The van der Waals surface area contributed by atoms with Gasteiger partial charge in [-0.1, -0.05) is 18.2 Å². The Bertz CT molecular complexity index is 869. The van der Waals surface area contributed by atoms with Crippen LogP contribution in [0.1, 0.15) is 29.3 Å². The van der Waals surface area contributed by atoms with Gasteiger partial charge in [-0.05, 0) is 35.6 Å². The number of rotatable bonds is 7. The molecule has 0 saturated carbocycles. The van der Waals surface area contributed by atoms with Crippen molar-refractivity contribution in [1.82, 2.24) is 15.5 Å². The third kappa shape index (κ3) is 6.43. The molecule has 0 aliphatic carbocycles. The lowest BCUT2D eigenvalue weighted by molar-refractivity contribution is -0.117. The van der Waals surface area contributed by atoms with Crippen LogP contribution in [0.15, 0.2) is 46.8 Å². The lowest BCUT2D eigenvalue weighted by Crippen LogP contribution is -2.46. The highest BCUT2D eigenvalue weighted by molar-refractivity contribution is 14.0. The number of benzene rings is 1. The molecule has 1 aromatic carbocycles.